The lowest BCUT2D eigenvalue weighted by Crippen LogP contribution is -2.52. The van der Waals surface area contributed by atoms with Gasteiger partial charge in [0.15, 0.2) is 6.10 Å². The van der Waals surface area contributed by atoms with Crippen molar-refractivity contribution in [3.63, 3.8) is 0 Å². The molecule has 8 nitrogen and oxygen atoms in total. The van der Waals surface area contributed by atoms with E-state index in [1.54, 1.807) is 22.9 Å². The largest absolute Gasteiger partial charge is 0.449 e. The van der Waals surface area contributed by atoms with Crippen molar-refractivity contribution in [2.24, 2.45) is 0 Å². The molecular formula is C19H23N5O3. The number of nitrogens with zero attached hydrogens (tertiary/aromatic N) is 4. The number of esters is 1. The smallest absolute Gasteiger partial charge is 0.338 e. The maximum Gasteiger partial charge on any atom is 0.338 e. The van der Waals surface area contributed by atoms with Crippen molar-refractivity contribution in [2.75, 3.05) is 0 Å². The zero-order chi connectivity index (χ0) is 19.4. The van der Waals surface area contributed by atoms with E-state index in [9.17, 15) is 14.9 Å². The first-order chi connectivity index (χ1) is 13.0. The van der Waals surface area contributed by atoms with Crippen LogP contribution in [0.2, 0.25) is 0 Å². The van der Waals surface area contributed by atoms with E-state index in [0.717, 1.165) is 24.8 Å². The summed E-state index contributed by atoms with van der Waals surface area (Å²) in [5, 5.41) is 20.3. The normalized spacial score (nSPS) is 17.1. The van der Waals surface area contributed by atoms with E-state index < -0.39 is 23.5 Å². The lowest BCUT2D eigenvalue weighted by atomic mass is 9.83. The Kier molecular flexibility index (Phi) is 5.40. The van der Waals surface area contributed by atoms with Gasteiger partial charge in [-0.05, 0) is 44.9 Å². The van der Waals surface area contributed by atoms with Crippen molar-refractivity contribution in [3.05, 3.63) is 23.8 Å². The molecule has 1 heterocycles. The topological polar surface area (TPSA) is 110 Å². The highest BCUT2D eigenvalue weighted by molar-refractivity contribution is 5.95. The lowest BCUT2D eigenvalue weighted by molar-refractivity contribution is -0.130. The van der Waals surface area contributed by atoms with Gasteiger partial charge in [0.2, 0.25) is 0 Å². The number of carbonyl (C=O) groups excluding carboxylic acids is 2. The molecule has 0 spiro atoms. The molecule has 1 amide bonds. The van der Waals surface area contributed by atoms with Crippen LogP contribution in [-0.2, 0) is 16.1 Å². The maximum absolute atomic E-state index is 12.4. The quantitative estimate of drug-likeness (QED) is 0.810. The van der Waals surface area contributed by atoms with Crippen LogP contribution in [0.5, 0.6) is 0 Å². The number of carbonyl (C=O) groups is 2. The van der Waals surface area contributed by atoms with Crippen molar-refractivity contribution >= 4 is 22.9 Å². The van der Waals surface area contributed by atoms with Crippen molar-refractivity contribution in [2.45, 2.75) is 64.1 Å². The maximum atomic E-state index is 12.4. The van der Waals surface area contributed by atoms with E-state index in [1.165, 1.54) is 6.92 Å². The average Bonchev–Trinajstić information content (AvgIpc) is 3.10. The van der Waals surface area contributed by atoms with Crippen LogP contribution in [0.4, 0.5) is 0 Å². The standard InChI is InChI=1S/C19H23N5O3/c1-3-24-16-8-7-14(11-15(16)22-23-24)18(26)27-13(2)17(25)21-19(12-20)9-5-4-6-10-19/h7-8,11,13H,3-6,9-10H2,1-2H3,(H,21,25). The van der Waals surface area contributed by atoms with E-state index in [0.29, 0.717) is 30.5 Å². The molecule has 1 aliphatic rings. The number of hydrogen-bond donors (Lipinski definition) is 1. The summed E-state index contributed by atoms with van der Waals surface area (Å²) in [5.41, 5.74) is 0.869. The summed E-state index contributed by atoms with van der Waals surface area (Å²) >= 11 is 0. The van der Waals surface area contributed by atoms with Gasteiger partial charge in [-0.25, -0.2) is 9.48 Å². The molecule has 142 valence electrons. The van der Waals surface area contributed by atoms with Crippen molar-refractivity contribution in [3.8, 4) is 6.07 Å². The van der Waals surface area contributed by atoms with Gasteiger partial charge < -0.3 is 10.1 Å². The number of rotatable bonds is 5. The van der Waals surface area contributed by atoms with Gasteiger partial charge in [0.05, 0.1) is 17.1 Å². The van der Waals surface area contributed by atoms with Crippen molar-refractivity contribution in [1.29, 1.82) is 5.26 Å². The molecule has 2 aromatic rings. The van der Waals surface area contributed by atoms with Gasteiger partial charge in [-0.2, -0.15) is 5.26 Å². The molecule has 1 N–H and O–H groups in total. The predicted molar refractivity (Wildman–Crippen MR) is 97.7 cm³/mol. The lowest BCUT2D eigenvalue weighted by Gasteiger charge is -2.32. The second-order valence-electron chi connectivity index (χ2n) is 6.90. The molecule has 1 atom stereocenters. The third-order valence-electron chi connectivity index (χ3n) is 4.99. The zero-order valence-corrected chi connectivity index (χ0v) is 15.6. The highest BCUT2D eigenvalue weighted by atomic mass is 16.5. The second kappa shape index (κ2) is 7.74. The van der Waals surface area contributed by atoms with Crippen LogP contribution < -0.4 is 5.32 Å². The average molecular weight is 369 g/mol. The molecule has 0 radical (unpaired) electrons. The zero-order valence-electron chi connectivity index (χ0n) is 15.6. The van der Waals surface area contributed by atoms with Crippen LogP contribution in [0.3, 0.4) is 0 Å². The van der Waals surface area contributed by atoms with Gasteiger partial charge in [0.1, 0.15) is 11.1 Å². The van der Waals surface area contributed by atoms with Gasteiger partial charge in [0.25, 0.3) is 5.91 Å². The summed E-state index contributed by atoms with van der Waals surface area (Å²) in [5.74, 6) is -1.06. The number of benzene rings is 1. The Bertz CT molecular complexity index is 892. The number of fused-ring (bicyclic) bond motifs is 1. The Hall–Kier alpha value is -2.95. The fourth-order valence-corrected chi connectivity index (χ4v) is 3.37. The minimum atomic E-state index is -0.994. The molecule has 1 saturated carbocycles. The molecule has 27 heavy (non-hydrogen) atoms. The SMILES string of the molecule is CCn1nnc2cc(C(=O)OC(C)C(=O)NC3(C#N)CCCCC3)ccc21. The number of amides is 1. The van der Waals surface area contributed by atoms with E-state index in [2.05, 4.69) is 21.7 Å². The fraction of sp³-hybridized carbons (Fsp3) is 0.526. The Morgan fingerprint density at radius 3 is 2.78 bits per heavy atom. The fourth-order valence-electron chi connectivity index (χ4n) is 3.37. The predicted octanol–water partition coefficient (Wildman–Crippen LogP) is 2.34. The highest BCUT2D eigenvalue weighted by Gasteiger charge is 2.35. The molecule has 1 aromatic carbocycles. The monoisotopic (exact) mass is 369 g/mol. The van der Waals surface area contributed by atoms with Gasteiger partial charge in [0, 0.05) is 6.54 Å². The van der Waals surface area contributed by atoms with Crippen LogP contribution in [-0.4, -0.2) is 38.5 Å². The number of aromatic nitrogens is 3. The van der Waals surface area contributed by atoms with E-state index in [-0.39, 0.29) is 0 Å². The van der Waals surface area contributed by atoms with Gasteiger partial charge in [-0.1, -0.05) is 24.5 Å². The number of ether oxygens (including phenoxy) is 1. The third kappa shape index (κ3) is 3.92. The first kappa shape index (κ1) is 18.8. The van der Waals surface area contributed by atoms with Crippen molar-refractivity contribution in [1.82, 2.24) is 20.3 Å². The summed E-state index contributed by atoms with van der Waals surface area (Å²) in [6.45, 7) is 4.14. The molecule has 0 aliphatic heterocycles. The summed E-state index contributed by atoms with van der Waals surface area (Å²) in [6, 6.07) is 7.21. The van der Waals surface area contributed by atoms with E-state index in [4.69, 9.17) is 4.74 Å². The molecule has 3 rings (SSSR count). The highest BCUT2D eigenvalue weighted by Crippen LogP contribution is 2.27. The number of nitrogens with one attached hydrogen (secondary N) is 1. The van der Waals surface area contributed by atoms with Crippen LogP contribution in [0.15, 0.2) is 18.2 Å². The molecule has 0 bridgehead atoms. The Labute approximate surface area is 157 Å². The van der Waals surface area contributed by atoms with Crippen LogP contribution in [0, 0.1) is 11.3 Å². The number of aryl methyl sites for hydroxylation is 1. The van der Waals surface area contributed by atoms with Gasteiger partial charge in [-0.3, -0.25) is 4.79 Å². The van der Waals surface area contributed by atoms with Crippen LogP contribution >= 0.6 is 0 Å². The molecule has 1 fully saturated rings. The second-order valence-corrected chi connectivity index (χ2v) is 6.90. The van der Waals surface area contributed by atoms with E-state index >= 15 is 0 Å². The number of hydrogen-bond acceptors (Lipinski definition) is 6. The molecule has 1 unspecified atom stereocenters. The first-order valence-corrected chi connectivity index (χ1v) is 9.25. The molecular weight excluding hydrogens is 346 g/mol. The third-order valence-corrected chi connectivity index (χ3v) is 4.99. The molecule has 1 aromatic heterocycles. The number of nitriles is 1. The van der Waals surface area contributed by atoms with Gasteiger partial charge >= 0.3 is 5.97 Å². The molecule has 1 aliphatic carbocycles. The van der Waals surface area contributed by atoms with Crippen LogP contribution in [0.25, 0.3) is 11.0 Å². The molecule has 8 heteroatoms. The van der Waals surface area contributed by atoms with Crippen molar-refractivity contribution < 1.29 is 14.3 Å². The summed E-state index contributed by atoms with van der Waals surface area (Å²) in [6.07, 6.45) is 3.13. The van der Waals surface area contributed by atoms with Crippen LogP contribution in [0.1, 0.15) is 56.3 Å². The minimum absolute atomic E-state index is 0.304. The summed E-state index contributed by atoms with van der Waals surface area (Å²) in [7, 11) is 0. The first-order valence-electron chi connectivity index (χ1n) is 9.25. The van der Waals surface area contributed by atoms with Gasteiger partial charge in [-0.15, -0.1) is 5.10 Å². The summed E-state index contributed by atoms with van der Waals surface area (Å²) in [4.78, 5) is 24.8. The minimum Gasteiger partial charge on any atom is -0.449 e. The Morgan fingerprint density at radius 2 is 2.11 bits per heavy atom. The Morgan fingerprint density at radius 1 is 1.37 bits per heavy atom. The molecule has 0 saturated heterocycles. The Balaban J connectivity index is 1.66. The summed E-state index contributed by atoms with van der Waals surface area (Å²) < 4.78 is 7.02. The van der Waals surface area contributed by atoms with E-state index in [1.807, 2.05) is 6.92 Å².